The lowest BCUT2D eigenvalue weighted by Gasteiger charge is -2.32. The number of piperidine rings is 1. The molecule has 2 aliphatic heterocycles. The van der Waals surface area contributed by atoms with Crippen molar-refractivity contribution in [2.24, 2.45) is 5.92 Å². The van der Waals surface area contributed by atoms with E-state index in [1.807, 2.05) is 35.2 Å². The van der Waals surface area contributed by atoms with Gasteiger partial charge in [0.05, 0.1) is 6.54 Å². The van der Waals surface area contributed by atoms with Gasteiger partial charge in [0, 0.05) is 30.9 Å². The van der Waals surface area contributed by atoms with Crippen molar-refractivity contribution >= 4 is 17.4 Å². The summed E-state index contributed by atoms with van der Waals surface area (Å²) in [6, 6.07) is 13.5. The number of carbonyl (C=O) groups is 2. The Morgan fingerprint density at radius 2 is 1.92 bits per heavy atom. The van der Waals surface area contributed by atoms with Gasteiger partial charge in [-0.25, -0.2) is 0 Å². The number of Topliss-reactive ketones (excluding diaryl/α,β-unsaturated/α-hetero) is 1. The normalized spacial score (nSPS) is 20.0. The summed E-state index contributed by atoms with van der Waals surface area (Å²) in [6.45, 7) is 2.63. The summed E-state index contributed by atoms with van der Waals surface area (Å²) in [5, 5.41) is 0. The van der Waals surface area contributed by atoms with Crippen LogP contribution >= 0.6 is 0 Å². The number of rotatable bonds is 4. The number of pyridine rings is 1. The third-order valence-corrected chi connectivity index (χ3v) is 5.34. The second kappa shape index (κ2) is 7.38. The van der Waals surface area contributed by atoms with Crippen LogP contribution in [0.5, 0.6) is 0 Å². The summed E-state index contributed by atoms with van der Waals surface area (Å²) in [6.07, 6.45) is 4.38. The summed E-state index contributed by atoms with van der Waals surface area (Å²) in [4.78, 5) is 33.7. The number of para-hydroxylation sites is 1. The predicted octanol–water partition coefficient (Wildman–Crippen LogP) is 2.57. The number of benzene rings is 1. The van der Waals surface area contributed by atoms with Crippen molar-refractivity contribution in [1.82, 2.24) is 9.88 Å². The molecule has 0 radical (unpaired) electrons. The van der Waals surface area contributed by atoms with E-state index in [4.69, 9.17) is 0 Å². The van der Waals surface area contributed by atoms with Crippen molar-refractivity contribution in [2.75, 3.05) is 31.1 Å². The SMILES string of the molecule is O=C(c1ccccn1)C1CCCN(CC(=O)N2CCc3ccccc32)C1. The molecule has 4 rings (SSSR count). The minimum Gasteiger partial charge on any atom is -0.311 e. The quantitative estimate of drug-likeness (QED) is 0.796. The Morgan fingerprint density at radius 3 is 2.77 bits per heavy atom. The number of ketones is 1. The summed E-state index contributed by atoms with van der Waals surface area (Å²) >= 11 is 0. The molecule has 1 unspecified atom stereocenters. The average Bonchev–Trinajstić information content (AvgIpc) is 3.12. The standard InChI is InChI=1S/C21H23N3O2/c25-20(24-13-10-16-6-1-2-9-19(16)24)15-23-12-5-7-17(14-23)21(26)18-8-3-4-11-22-18/h1-4,6,8-9,11,17H,5,7,10,12-15H2. The van der Waals surface area contributed by atoms with Crippen LogP contribution in [0, 0.1) is 5.92 Å². The van der Waals surface area contributed by atoms with Gasteiger partial charge in [-0.1, -0.05) is 24.3 Å². The fraction of sp³-hybridized carbons (Fsp3) is 0.381. The fourth-order valence-corrected chi connectivity index (χ4v) is 4.00. The molecule has 0 aliphatic carbocycles. The van der Waals surface area contributed by atoms with E-state index < -0.39 is 0 Å². The fourth-order valence-electron chi connectivity index (χ4n) is 4.00. The molecule has 5 nitrogen and oxygen atoms in total. The van der Waals surface area contributed by atoms with Gasteiger partial charge in [-0.2, -0.15) is 0 Å². The van der Waals surface area contributed by atoms with E-state index in [9.17, 15) is 9.59 Å². The molecule has 1 saturated heterocycles. The maximum atomic E-state index is 12.8. The zero-order chi connectivity index (χ0) is 17.9. The second-order valence-electron chi connectivity index (χ2n) is 7.08. The smallest absolute Gasteiger partial charge is 0.241 e. The number of amides is 1. The predicted molar refractivity (Wildman–Crippen MR) is 100 cm³/mol. The van der Waals surface area contributed by atoms with Crippen LogP contribution in [0.15, 0.2) is 48.7 Å². The van der Waals surface area contributed by atoms with Crippen LogP contribution in [0.3, 0.4) is 0 Å². The van der Waals surface area contributed by atoms with Gasteiger partial charge in [0.15, 0.2) is 5.78 Å². The lowest BCUT2D eigenvalue weighted by molar-refractivity contribution is -0.120. The van der Waals surface area contributed by atoms with Crippen LogP contribution in [0.4, 0.5) is 5.69 Å². The van der Waals surface area contributed by atoms with Crippen LogP contribution < -0.4 is 4.90 Å². The van der Waals surface area contributed by atoms with Crippen LogP contribution in [-0.4, -0.2) is 47.8 Å². The largest absolute Gasteiger partial charge is 0.311 e. The summed E-state index contributed by atoms with van der Waals surface area (Å²) in [5.41, 5.74) is 2.80. The Morgan fingerprint density at radius 1 is 1.08 bits per heavy atom. The molecule has 0 N–H and O–H groups in total. The Bertz CT molecular complexity index is 806. The van der Waals surface area contributed by atoms with Gasteiger partial charge in [-0.3, -0.25) is 19.5 Å². The van der Waals surface area contributed by atoms with Crippen LogP contribution in [0.25, 0.3) is 0 Å². The molecular weight excluding hydrogens is 326 g/mol. The minimum atomic E-state index is -0.0719. The molecule has 0 spiro atoms. The van der Waals surface area contributed by atoms with Gasteiger partial charge in [-0.15, -0.1) is 0 Å². The molecule has 26 heavy (non-hydrogen) atoms. The van der Waals surface area contributed by atoms with Crippen molar-refractivity contribution in [3.63, 3.8) is 0 Å². The van der Waals surface area contributed by atoms with Gasteiger partial charge in [0.1, 0.15) is 5.69 Å². The first kappa shape index (κ1) is 16.9. The molecule has 1 aromatic heterocycles. The molecule has 1 fully saturated rings. The van der Waals surface area contributed by atoms with Crippen molar-refractivity contribution < 1.29 is 9.59 Å². The van der Waals surface area contributed by atoms with Gasteiger partial charge in [-0.05, 0) is 49.6 Å². The lowest BCUT2D eigenvalue weighted by Crippen LogP contribution is -2.45. The Kier molecular flexibility index (Phi) is 4.80. The first-order valence-electron chi connectivity index (χ1n) is 9.28. The number of anilines is 1. The van der Waals surface area contributed by atoms with Crippen LogP contribution in [-0.2, 0) is 11.2 Å². The molecule has 1 aromatic carbocycles. The molecule has 5 heteroatoms. The highest BCUT2D eigenvalue weighted by molar-refractivity contribution is 5.97. The van der Waals surface area contributed by atoms with E-state index in [1.165, 1.54) is 5.56 Å². The monoisotopic (exact) mass is 349 g/mol. The molecule has 1 atom stereocenters. The van der Waals surface area contributed by atoms with E-state index in [0.29, 0.717) is 18.8 Å². The third-order valence-electron chi connectivity index (χ3n) is 5.34. The topological polar surface area (TPSA) is 53.5 Å². The molecular formula is C21H23N3O2. The van der Waals surface area contributed by atoms with E-state index >= 15 is 0 Å². The van der Waals surface area contributed by atoms with E-state index in [0.717, 1.165) is 38.0 Å². The van der Waals surface area contributed by atoms with E-state index in [1.54, 1.807) is 12.3 Å². The number of carbonyl (C=O) groups excluding carboxylic acids is 2. The first-order valence-corrected chi connectivity index (χ1v) is 9.28. The maximum Gasteiger partial charge on any atom is 0.241 e. The van der Waals surface area contributed by atoms with Crippen molar-refractivity contribution in [1.29, 1.82) is 0 Å². The van der Waals surface area contributed by atoms with Crippen molar-refractivity contribution in [3.05, 3.63) is 59.9 Å². The van der Waals surface area contributed by atoms with Crippen LogP contribution in [0.1, 0.15) is 28.9 Å². The zero-order valence-electron chi connectivity index (χ0n) is 14.8. The number of hydrogen-bond donors (Lipinski definition) is 0. The highest BCUT2D eigenvalue weighted by Crippen LogP contribution is 2.28. The number of fused-ring (bicyclic) bond motifs is 1. The summed E-state index contributed by atoms with van der Waals surface area (Å²) < 4.78 is 0. The molecule has 1 amide bonds. The number of aromatic nitrogens is 1. The van der Waals surface area contributed by atoms with Gasteiger partial charge < -0.3 is 4.90 Å². The molecule has 0 saturated carbocycles. The molecule has 3 heterocycles. The zero-order valence-corrected chi connectivity index (χ0v) is 14.8. The maximum absolute atomic E-state index is 12.8. The lowest BCUT2D eigenvalue weighted by atomic mass is 9.92. The third kappa shape index (κ3) is 3.40. The second-order valence-corrected chi connectivity index (χ2v) is 7.08. The van der Waals surface area contributed by atoms with Gasteiger partial charge in [0.25, 0.3) is 0 Å². The summed E-state index contributed by atoms with van der Waals surface area (Å²) in [7, 11) is 0. The molecule has 0 bridgehead atoms. The number of likely N-dealkylation sites (tertiary alicyclic amines) is 1. The molecule has 134 valence electrons. The van der Waals surface area contributed by atoms with Gasteiger partial charge >= 0.3 is 0 Å². The van der Waals surface area contributed by atoms with Crippen molar-refractivity contribution in [2.45, 2.75) is 19.3 Å². The molecule has 2 aromatic rings. The molecule has 2 aliphatic rings. The van der Waals surface area contributed by atoms with Crippen LogP contribution in [0.2, 0.25) is 0 Å². The van der Waals surface area contributed by atoms with Crippen molar-refractivity contribution in [3.8, 4) is 0 Å². The highest BCUT2D eigenvalue weighted by Gasteiger charge is 2.30. The van der Waals surface area contributed by atoms with E-state index in [-0.39, 0.29) is 17.6 Å². The first-order chi connectivity index (χ1) is 12.7. The Balaban J connectivity index is 1.40. The number of hydrogen-bond acceptors (Lipinski definition) is 4. The number of nitrogens with zero attached hydrogens (tertiary/aromatic N) is 3. The highest BCUT2D eigenvalue weighted by atomic mass is 16.2. The summed E-state index contributed by atoms with van der Waals surface area (Å²) in [5.74, 6) is 0.146. The Hall–Kier alpha value is -2.53. The Labute approximate surface area is 153 Å². The minimum absolute atomic E-state index is 0.0719. The van der Waals surface area contributed by atoms with E-state index in [2.05, 4.69) is 16.0 Å². The average molecular weight is 349 g/mol. The van der Waals surface area contributed by atoms with Gasteiger partial charge in [0.2, 0.25) is 5.91 Å².